The molecule has 4 nitrogen and oxygen atoms in total. The van der Waals surface area contributed by atoms with Crippen LogP contribution in [-0.4, -0.2) is 35.1 Å². The van der Waals surface area contributed by atoms with Crippen molar-refractivity contribution in [2.45, 2.75) is 31.2 Å². The van der Waals surface area contributed by atoms with Gasteiger partial charge in [0.25, 0.3) is 6.43 Å². The summed E-state index contributed by atoms with van der Waals surface area (Å²) in [6.45, 7) is -0.880. The number of carbonyl (C=O) groups is 1. The number of benzene rings is 2. The molecule has 0 saturated heterocycles. The van der Waals surface area contributed by atoms with E-state index in [4.69, 9.17) is 5.11 Å². The number of fused-ring (bicyclic) bond motifs is 1. The molecule has 1 aliphatic rings. The zero-order valence-electron chi connectivity index (χ0n) is 16.1. The van der Waals surface area contributed by atoms with Gasteiger partial charge in [-0.2, -0.15) is 0 Å². The van der Waals surface area contributed by atoms with Crippen LogP contribution in [0.3, 0.4) is 0 Å². The minimum Gasteiger partial charge on any atom is -0.394 e. The number of H-pyrrole nitrogens is 1. The highest BCUT2D eigenvalue weighted by atomic mass is 19.3. The minimum absolute atomic E-state index is 0.0988. The predicted octanol–water partition coefficient (Wildman–Crippen LogP) is 4.49. The summed E-state index contributed by atoms with van der Waals surface area (Å²) < 4.78 is 67.2. The predicted molar refractivity (Wildman–Crippen MR) is 104 cm³/mol. The average Bonchev–Trinajstić information content (AvgIpc) is 3.05. The van der Waals surface area contributed by atoms with Gasteiger partial charge in [0, 0.05) is 17.4 Å². The monoisotopic (exact) mass is 438 g/mol. The quantitative estimate of drug-likeness (QED) is 0.497. The first-order chi connectivity index (χ1) is 14.8. The molecule has 2 aromatic carbocycles. The molecule has 1 amide bonds. The maximum absolute atomic E-state index is 14.4. The normalized spacial score (nSPS) is 19.5. The van der Waals surface area contributed by atoms with E-state index in [0.717, 1.165) is 6.07 Å². The smallest absolute Gasteiger partial charge is 0.260 e. The Morgan fingerprint density at radius 2 is 1.77 bits per heavy atom. The Morgan fingerprint density at radius 1 is 1.10 bits per heavy atom. The van der Waals surface area contributed by atoms with Crippen LogP contribution in [0.15, 0.2) is 36.4 Å². The van der Waals surface area contributed by atoms with Crippen LogP contribution in [-0.2, 0) is 4.79 Å². The van der Waals surface area contributed by atoms with Gasteiger partial charge in [0.1, 0.15) is 23.5 Å². The Balaban J connectivity index is 1.65. The van der Waals surface area contributed by atoms with Crippen LogP contribution < -0.4 is 5.32 Å². The fraction of sp³-hybridized carbons (Fsp3) is 0.318. The molecular formula is C22H19F5N2O2. The molecule has 0 unspecified atom stereocenters. The summed E-state index contributed by atoms with van der Waals surface area (Å²) in [5.74, 6) is -3.41. The number of nitrogens with one attached hydrogen (secondary N) is 2. The molecule has 1 aromatic heterocycles. The summed E-state index contributed by atoms with van der Waals surface area (Å²) in [5.41, 5.74) is 1.75. The number of alkyl halides is 2. The van der Waals surface area contributed by atoms with Crippen LogP contribution in [0.5, 0.6) is 0 Å². The van der Waals surface area contributed by atoms with Gasteiger partial charge in [0.15, 0.2) is 0 Å². The Bertz CT molecular complexity index is 1110. The molecule has 0 aliphatic heterocycles. The molecule has 164 valence electrons. The van der Waals surface area contributed by atoms with Crippen molar-refractivity contribution in [2.75, 3.05) is 6.61 Å². The van der Waals surface area contributed by atoms with E-state index in [0.29, 0.717) is 22.2 Å². The number of hydrogen-bond acceptors (Lipinski definition) is 2. The first-order valence-electron chi connectivity index (χ1n) is 9.74. The summed E-state index contributed by atoms with van der Waals surface area (Å²) in [7, 11) is 0. The van der Waals surface area contributed by atoms with E-state index < -0.39 is 48.4 Å². The highest BCUT2D eigenvalue weighted by molar-refractivity contribution is 5.92. The molecule has 1 heterocycles. The lowest BCUT2D eigenvalue weighted by molar-refractivity contribution is -0.130. The average molecular weight is 438 g/mol. The number of aliphatic hydroxyl groups excluding tert-OH is 1. The van der Waals surface area contributed by atoms with E-state index in [1.54, 1.807) is 0 Å². The lowest BCUT2D eigenvalue weighted by atomic mass is 9.69. The van der Waals surface area contributed by atoms with Crippen LogP contribution in [0.2, 0.25) is 0 Å². The number of hydrogen-bond donors (Lipinski definition) is 3. The lowest BCUT2D eigenvalue weighted by Crippen LogP contribution is -2.47. The fourth-order valence-electron chi connectivity index (χ4n) is 4.06. The van der Waals surface area contributed by atoms with Gasteiger partial charge in [-0.25, -0.2) is 22.0 Å². The molecule has 0 radical (unpaired) electrons. The van der Waals surface area contributed by atoms with Crippen molar-refractivity contribution >= 4 is 16.8 Å². The number of halogens is 5. The van der Waals surface area contributed by atoms with E-state index in [-0.39, 0.29) is 24.3 Å². The van der Waals surface area contributed by atoms with Crippen LogP contribution in [0.1, 0.15) is 24.3 Å². The van der Waals surface area contributed by atoms with E-state index in [9.17, 15) is 26.7 Å². The van der Waals surface area contributed by atoms with Crippen LogP contribution in [0, 0.1) is 23.4 Å². The van der Waals surface area contributed by atoms with E-state index in [2.05, 4.69) is 10.3 Å². The molecule has 1 atom stereocenters. The highest BCUT2D eigenvalue weighted by Gasteiger charge is 2.39. The maximum atomic E-state index is 14.4. The third kappa shape index (κ3) is 4.01. The topological polar surface area (TPSA) is 65.1 Å². The molecule has 1 saturated carbocycles. The van der Waals surface area contributed by atoms with Crippen LogP contribution in [0.25, 0.3) is 22.2 Å². The Hall–Kier alpha value is -2.94. The Kier molecular flexibility index (Phi) is 5.70. The van der Waals surface area contributed by atoms with Crippen LogP contribution >= 0.6 is 0 Å². The molecule has 1 aliphatic carbocycles. The zero-order chi connectivity index (χ0) is 22.3. The van der Waals surface area contributed by atoms with Gasteiger partial charge in [-0.1, -0.05) is 0 Å². The van der Waals surface area contributed by atoms with Crippen molar-refractivity contribution in [3.63, 3.8) is 0 Å². The summed E-state index contributed by atoms with van der Waals surface area (Å²) in [6, 6.07) is 5.83. The van der Waals surface area contributed by atoms with Crippen molar-refractivity contribution in [1.29, 1.82) is 0 Å². The largest absolute Gasteiger partial charge is 0.394 e. The summed E-state index contributed by atoms with van der Waals surface area (Å²) in [6.07, 6.45) is -2.33. The van der Waals surface area contributed by atoms with Gasteiger partial charge < -0.3 is 15.4 Å². The number of amides is 1. The summed E-state index contributed by atoms with van der Waals surface area (Å²) >= 11 is 0. The molecule has 3 aromatic rings. The fourth-order valence-corrected chi connectivity index (χ4v) is 4.06. The third-order valence-corrected chi connectivity index (χ3v) is 5.74. The van der Waals surface area contributed by atoms with Crippen molar-refractivity contribution in [3.8, 4) is 11.3 Å². The molecule has 9 heteroatoms. The molecule has 3 N–H and O–H groups in total. The van der Waals surface area contributed by atoms with E-state index in [1.165, 1.54) is 30.3 Å². The van der Waals surface area contributed by atoms with Gasteiger partial charge in [-0.15, -0.1) is 0 Å². The summed E-state index contributed by atoms with van der Waals surface area (Å²) in [4.78, 5) is 15.2. The Labute approximate surface area is 174 Å². The van der Waals surface area contributed by atoms with Gasteiger partial charge in [0.05, 0.1) is 17.8 Å². The SMILES string of the molecule is O=C(N[C@@H](CO)C(F)F)[C@H]1C[C@H](c2c(-c3ccc(F)cc3)[nH]c3c(F)cc(F)cc32)C1. The number of aromatic amines is 1. The molecule has 1 fully saturated rings. The van der Waals surface area contributed by atoms with Crippen molar-refractivity contribution in [3.05, 3.63) is 59.4 Å². The van der Waals surface area contributed by atoms with Crippen molar-refractivity contribution < 1.29 is 31.9 Å². The number of carbonyl (C=O) groups excluding carboxylic acids is 1. The number of aromatic nitrogens is 1. The van der Waals surface area contributed by atoms with Crippen molar-refractivity contribution in [2.24, 2.45) is 5.92 Å². The third-order valence-electron chi connectivity index (χ3n) is 5.74. The molecule has 4 rings (SSSR count). The number of aliphatic hydroxyl groups is 1. The minimum atomic E-state index is -2.89. The second-order valence-corrected chi connectivity index (χ2v) is 7.73. The maximum Gasteiger partial charge on any atom is 0.260 e. The van der Waals surface area contributed by atoms with Gasteiger partial charge in [0.2, 0.25) is 5.91 Å². The van der Waals surface area contributed by atoms with Crippen molar-refractivity contribution in [1.82, 2.24) is 10.3 Å². The first-order valence-corrected chi connectivity index (χ1v) is 9.74. The first kappa shape index (κ1) is 21.3. The van der Waals surface area contributed by atoms with E-state index in [1.807, 2.05) is 0 Å². The summed E-state index contributed by atoms with van der Waals surface area (Å²) in [5, 5.41) is 11.4. The van der Waals surface area contributed by atoms with Gasteiger partial charge in [-0.05, 0) is 60.2 Å². The standard InChI is InChI=1S/C22H19F5N2O2/c23-13-3-1-10(2-4-13)19-18(15-7-14(24)8-16(25)20(15)29-19)11-5-12(6-11)22(31)28-17(9-30)21(26)27/h1-4,7-8,11-12,17,21,29-30H,5-6,9H2,(H,28,31)/t11-,12-,17-/m0/s1. The van der Waals surface area contributed by atoms with E-state index >= 15 is 0 Å². The second kappa shape index (κ2) is 8.30. The Morgan fingerprint density at radius 3 is 2.39 bits per heavy atom. The van der Waals surface area contributed by atoms with Gasteiger partial charge in [-0.3, -0.25) is 4.79 Å². The molecular weight excluding hydrogens is 419 g/mol. The highest BCUT2D eigenvalue weighted by Crippen LogP contribution is 2.48. The lowest BCUT2D eigenvalue weighted by Gasteiger charge is -2.35. The molecule has 0 bridgehead atoms. The zero-order valence-corrected chi connectivity index (χ0v) is 16.1. The second-order valence-electron chi connectivity index (χ2n) is 7.73. The van der Waals surface area contributed by atoms with Crippen LogP contribution in [0.4, 0.5) is 22.0 Å². The number of rotatable bonds is 6. The molecule has 31 heavy (non-hydrogen) atoms. The molecule has 0 spiro atoms. The van der Waals surface area contributed by atoms with Gasteiger partial charge >= 0.3 is 0 Å².